The summed E-state index contributed by atoms with van der Waals surface area (Å²) < 4.78 is 13.3. The normalized spacial score (nSPS) is 13.8. The maximum atomic E-state index is 11.3. The maximum absolute atomic E-state index is 11.3. The Labute approximate surface area is 220 Å². The summed E-state index contributed by atoms with van der Waals surface area (Å²) in [4.78, 5) is 11.3. The number of carbonyl (C=O) groups excluding carboxylic acids is 1. The molecule has 0 heterocycles. The van der Waals surface area contributed by atoms with Crippen LogP contribution in [0.1, 0.15) is 37.8 Å². The monoisotopic (exact) mass is 556 g/mol. The highest BCUT2D eigenvalue weighted by Gasteiger charge is 2.23. The van der Waals surface area contributed by atoms with Gasteiger partial charge in [0, 0.05) is 35.1 Å². The second-order valence-electron chi connectivity index (χ2n) is 8.88. The molecule has 184 valence electrons. The SMILES string of the molecule is CC(=O)NC(C)NCc1cc(Cl)c(OCc2cccc(-c3ccccc3)c2Br)cc1OCC1CC1. The van der Waals surface area contributed by atoms with E-state index < -0.39 is 0 Å². The van der Waals surface area contributed by atoms with E-state index in [0.29, 0.717) is 36.4 Å². The van der Waals surface area contributed by atoms with Crippen molar-refractivity contribution in [1.29, 1.82) is 0 Å². The first kappa shape index (κ1) is 25.5. The van der Waals surface area contributed by atoms with Crippen LogP contribution in [-0.2, 0) is 17.9 Å². The van der Waals surface area contributed by atoms with Crippen molar-refractivity contribution >= 4 is 33.4 Å². The summed E-state index contributed by atoms with van der Waals surface area (Å²) >= 11 is 10.4. The van der Waals surface area contributed by atoms with Gasteiger partial charge in [0.25, 0.3) is 0 Å². The molecule has 2 N–H and O–H groups in total. The predicted molar refractivity (Wildman–Crippen MR) is 144 cm³/mol. The Bertz CT molecular complexity index is 1170. The molecular weight excluding hydrogens is 528 g/mol. The highest BCUT2D eigenvalue weighted by atomic mass is 79.9. The molecule has 1 saturated carbocycles. The average Bonchev–Trinajstić information content (AvgIpc) is 3.67. The molecule has 0 aromatic heterocycles. The van der Waals surface area contributed by atoms with Crippen LogP contribution in [0.2, 0.25) is 5.02 Å². The minimum Gasteiger partial charge on any atom is -0.493 e. The number of nitrogens with one attached hydrogen (secondary N) is 2. The summed E-state index contributed by atoms with van der Waals surface area (Å²) in [5.74, 6) is 1.86. The van der Waals surface area contributed by atoms with Crippen LogP contribution >= 0.6 is 27.5 Å². The number of benzene rings is 3. The van der Waals surface area contributed by atoms with Gasteiger partial charge in [0.05, 0.1) is 17.8 Å². The first-order chi connectivity index (χ1) is 16.9. The molecule has 35 heavy (non-hydrogen) atoms. The van der Waals surface area contributed by atoms with Crippen molar-refractivity contribution in [2.24, 2.45) is 5.92 Å². The molecule has 1 aliphatic rings. The lowest BCUT2D eigenvalue weighted by molar-refractivity contribution is -0.119. The zero-order chi connectivity index (χ0) is 24.8. The van der Waals surface area contributed by atoms with Gasteiger partial charge in [0.2, 0.25) is 5.91 Å². The van der Waals surface area contributed by atoms with Gasteiger partial charge in [-0.1, -0.05) is 60.1 Å². The molecule has 0 radical (unpaired) electrons. The van der Waals surface area contributed by atoms with Crippen molar-refractivity contribution < 1.29 is 14.3 Å². The molecule has 0 bridgehead atoms. The van der Waals surface area contributed by atoms with Crippen molar-refractivity contribution in [3.63, 3.8) is 0 Å². The lowest BCUT2D eigenvalue weighted by Crippen LogP contribution is -2.41. The highest BCUT2D eigenvalue weighted by Crippen LogP contribution is 2.37. The maximum Gasteiger partial charge on any atom is 0.218 e. The van der Waals surface area contributed by atoms with Crippen molar-refractivity contribution in [1.82, 2.24) is 10.6 Å². The van der Waals surface area contributed by atoms with E-state index in [2.05, 4.69) is 44.8 Å². The van der Waals surface area contributed by atoms with Crippen LogP contribution in [0.15, 0.2) is 65.1 Å². The van der Waals surface area contributed by atoms with Crippen molar-refractivity contribution in [2.75, 3.05) is 6.61 Å². The molecule has 3 aromatic rings. The van der Waals surface area contributed by atoms with Gasteiger partial charge in [0.1, 0.15) is 18.1 Å². The molecule has 3 aromatic carbocycles. The Morgan fingerprint density at radius 1 is 1.06 bits per heavy atom. The van der Waals surface area contributed by atoms with Gasteiger partial charge < -0.3 is 14.8 Å². The van der Waals surface area contributed by atoms with Gasteiger partial charge in [-0.05, 0) is 58.8 Å². The van der Waals surface area contributed by atoms with E-state index in [1.807, 2.05) is 49.4 Å². The quantitative estimate of drug-likeness (QED) is 0.257. The zero-order valence-corrected chi connectivity index (χ0v) is 22.3. The van der Waals surface area contributed by atoms with Crippen molar-refractivity contribution in [3.05, 3.63) is 81.3 Å². The molecule has 1 atom stereocenters. The first-order valence-corrected chi connectivity index (χ1v) is 13.0. The molecule has 1 fully saturated rings. The van der Waals surface area contributed by atoms with Crippen LogP contribution in [0.3, 0.4) is 0 Å². The third kappa shape index (κ3) is 7.23. The van der Waals surface area contributed by atoms with E-state index in [0.717, 1.165) is 32.5 Å². The Morgan fingerprint density at radius 2 is 1.83 bits per heavy atom. The average molecular weight is 558 g/mol. The molecule has 7 heteroatoms. The Balaban J connectivity index is 1.50. The standard InChI is InChI=1S/C28H30BrClN2O3/c1-18(32-19(2)33)31-15-23-13-25(30)27(14-26(23)34-16-20-11-12-20)35-17-22-9-6-10-24(28(22)29)21-7-4-3-5-8-21/h3-10,13-14,18,20,31H,11-12,15-17H2,1-2H3,(H,32,33). The van der Waals surface area contributed by atoms with Crippen LogP contribution in [0.5, 0.6) is 11.5 Å². The van der Waals surface area contributed by atoms with E-state index in [-0.39, 0.29) is 12.1 Å². The first-order valence-electron chi connectivity index (χ1n) is 11.8. The number of hydrogen-bond acceptors (Lipinski definition) is 4. The summed E-state index contributed by atoms with van der Waals surface area (Å²) in [6, 6.07) is 20.1. The zero-order valence-electron chi connectivity index (χ0n) is 19.9. The summed E-state index contributed by atoms with van der Waals surface area (Å²) in [6.45, 7) is 4.94. The molecule has 1 unspecified atom stereocenters. The fraction of sp³-hybridized carbons (Fsp3) is 0.321. The van der Waals surface area contributed by atoms with Crippen LogP contribution in [0.4, 0.5) is 0 Å². The lowest BCUT2D eigenvalue weighted by Gasteiger charge is -2.19. The van der Waals surface area contributed by atoms with Gasteiger partial charge >= 0.3 is 0 Å². The molecule has 0 aliphatic heterocycles. The van der Waals surface area contributed by atoms with Crippen molar-refractivity contribution in [3.8, 4) is 22.6 Å². The minimum atomic E-state index is -0.173. The van der Waals surface area contributed by atoms with E-state index in [1.54, 1.807) is 0 Å². The molecule has 1 aliphatic carbocycles. The molecule has 4 rings (SSSR count). The Kier molecular flexibility index (Phi) is 8.71. The third-order valence-electron chi connectivity index (χ3n) is 5.85. The fourth-order valence-electron chi connectivity index (χ4n) is 3.76. The predicted octanol–water partition coefficient (Wildman–Crippen LogP) is 6.71. The number of halogens is 2. The molecule has 0 saturated heterocycles. The van der Waals surface area contributed by atoms with E-state index in [9.17, 15) is 4.79 Å². The number of amides is 1. The van der Waals surface area contributed by atoms with Crippen molar-refractivity contribution in [2.45, 2.75) is 46.0 Å². The smallest absolute Gasteiger partial charge is 0.218 e. The van der Waals surface area contributed by atoms with Gasteiger partial charge in [0.15, 0.2) is 0 Å². The molecule has 5 nitrogen and oxygen atoms in total. The third-order valence-corrected chi connectivity index (χ3v) is 7.08. The van der Waals surface area contributed by atoms with Gasteiger partial charge in [-0.25, -0.2) is 0 Å². The second-order valence-corrected chi connectivity index (χ2v) is 10.1. The second kappa shape index (κ2) is 11.9. The van der Waals surface area contributed by atoms with Crippen LogP contribution in [0, 0.1) is 5.92 Å². The summed E-state index contributed by atoms with van der Waals surface area (Å²) in [5.41, 5.74) is 4.20. The summed E-state index contributed by atoms with van der Waals surface area (Å²) in [6.07, 6.45) is 2.24. The van der Waals surface area contributed by atoms with Gasteiger partial charge in [-0.3, -0.25) is 10.1 Å². The molecular formula is C28H30BrClN2O3. The summed E-state index contributed by atoms with van der Waals surface area (Å²) in [7, 11) is 0. The van der Waals surface area contributed by atoms with E-state index in [4.69, 9.17) is 21.1 Å². The van der Waals surface area contributed by atoms with Crippen LogP contribution in [0.25, 0.3) is 11.1 Å². The highest BCUT2D eigenvalue weighted by molar-refractivity contribution is 9.10. The van der Waals surface area contributed by atoms with E-state index in [1.165, 1.54) is 19.8 Å². The molecule has 1 amide bonds. The molecule has 0 spiro atoms. The van der Waals surface area contributed by atoms with Crippen LogP contribution < -0.4 is 20.1 Å². The van der Waals surface area contributed by atoms with Gasteiger partial charge in [-0.2, -0.15) is 0 Å². The minimum absolute atomic E-state index is 0.0838. The fourth-order valence-corrected chi connectivity index (χ4v) is 4.61. The van der Waals surface area contributed by atoms with E-state index >= 15 is 0 Å². The lowest BCUT2D eigenvalue weighted by atomic mass is 10.0. The number of rotatable bonds is 11. The van der Waals surface area contributed by atoms with Gasteiger partial charge in [-0.15, -0.1) is 0 Å². The topological polar surface area (TPSA) is 59.6 Å². The Morgan fingerprint density at radius 3 is 2.54 bits per heavy atom. The number of ether oxygens (including phenoxy) is 2. The number of hydrogen-bond donors (Lipinski definition) is 2. The van der Waals surface area contributed by atoms with Crippen LogP contribution in [-0.4, -0.2) is 18.7 Å². The summed E-state index contributed by atoms with van der Waals surface area (Å²) in [5, 5.41) is 6.63. The Hall–Kier alpha value is -2.54. The largest absolute Gasteiger partial charge is 0.493 e. The number of carbonyl (C=O) groups is 1.